The van der Waals surface area contributed by atoms with Crippen LogP contribution in [-0.2, 0) is 20.0 Å². The average molecular weight is 104 g/mol. The molecular weight excluding hydrogens is 103 g/mol. The molecule has 0 heterocycles. The van der Waals surface area contributed by atoms with Gasteiger partial charge in [-0.05, 0) is 0 Å². The van der Waals surface area contributed by atoms with Crippen molar-refractivity contribution in [2.75, 3.05) is 0 Å². The van der Waals surface area contributed by atoms with E-state index in [2.05, 4.69) is 0 Å². The molecule has 0 N–H and O–H groups in total. The van der Waals surface area contributed by atoms with E-state index in [9.17, 15) is 0 Å². The SMILES string of the molecule is O=[SH-]=O.[K+]. The van der Waals surface area contributed by atoms with Crippen LogP contribution in [0.15, 0.2) is 0 Å². The summed E-state index contributed by atoms with van der Waals surface area (Å²) in [6, 6.07) is 0. The van der Waals surface area contributed by atoms with E-state index < -0.39 is 11.6 Å². The van der Waals surface area contributed by atoms with E-state index in [0.717, 1.165) is 0 Å². The largest absolute Gasteiger partial charge is 1.00 e. The number of rotatable bonds is 0. The number of hydrogen-bond donors (Lipinski definition) is 0. The molecule has 0 amide bonds. The van der Waals surface area contributed by atoms with Gasteiger partial charge in [-0.3, -0.25) is 0 Å². The predicted molar refractivity (Wildman–Crippen MR) is 10.1 cm³/mol. The second-order valence-electron chi connectivity index (χ2n) is 0.0745. The topological polar surface area (TPSA) is 34.1 Å². The maximum atomic E-state index is 8.35. The van der Waals surface area contributed by atoms with Gasteiger partial charge in [0.2, 0.25) is 0 Å². The van der Waals surface area contributed by atoms with E-state index >= 15 is 0 Å². The van der Waals surface area contributed by atoms with E-state index in [1.165, 1.54) is 0 Å². The molecule has 2 nitrogen and oxygen atoms in total. The van der Waals surface area contributed by atoms with Crippen molar-refractivity contribution in [1.29, 1.82) is 0 Å². The van der Waals surface area contributed by atoms with Gasteiger partial charge in [-0.2, -0.15) is 0 Å². The minimum atomic E-state index is -1.08. The van der Waals surface area contributed by atoms with Crippen LogP contribution in [0.5, 0.6) is 0 Å². The van der Waals surface area contributed by atoms with Crippen molar-refractivity contribution in [2.24, 2.45) is 0 Å². The minimum Gasteiger partial charge on any atom is -0.427 e. The van der Waals surface area contributed by atoms with Gasteiger partial charge < -0.3 is 8.42 Å². The molecule has 0 aliphatic carbocycles. The molecule has 0 radical (unpaired) electrons. The Hall–Kier alpha value is 1.59. The summed E-state index contributed by atoms with van der Waals surface area (Å²) in [7, 11) is 0. The summed E-state index contributed by atoms with van der Waals surface area (Å²) < 4.78 is 16.7. The first kappa shape index (κ1) is 9.14. The molecule has 0 spiro atoms. The van der Waals surface area contributed by atoms with Gasteiger partial charge in [0.15, 0.2) is 0 Å². The van der Waals surface area contributed by atoms with Crippen LogP contribution in [0.4, 0.5) is 0 Å². The van der Waals surface area contributed by atoms with Gasteiger partial charge in [-0.25, -0.2) is 0 Å². The molecule has 0 saturated carbocycles. The quantitative estimate of drug-likeness (QED) is 0.181. The number of thiol groups is 1. The van der Waals surface area contributed by atoms with Crippen LogP contribution in [0.1, 0.15) is 0 Å². The maximum absolute atomic E-state index is 8.35. The average Bonchev–Trinajstić information content (AvgIpc) is 0.918. The molecule has 0 atom stereocenters. The number of hydrogen-bond acceptors (Lipinski definition) is 3. The fourth-order valence-corrected chi connectivity index (χ4v) is 0. The van der Waals surface area contributed by atoms with Gasteiger partial charge in [0.25, 0.3) is 0 Å². The Kier molecular flexibility index (Phi) is 20.1. The van der Waals surface area contributed by atoms with E-state index in [0.29, 0.717) is 0 Å². The Labute approximate surface area is 70.0 Å². The van der Waals surface area contributed by atoms with Crippen molar-refractivity contribution in [3.8, 4) is 0 Å². The van der Waals surface area contributed by atoms with Crippen LogP contribution < -0.4 is 51.4 Å². The molecule has 20 valence electrons. The standard InChI is InChI=1S/K.HO2S/c;1-3-2/h;3H/q+1;-1. The fraction of sp³-hybridized carbons (Fsp3) is 0. The third kappa shape index (κ3) is 9.53. The zero-order chi connectivity index (χ0) is 2.71. The summed E-state index contributed by atoms with van der Waals surface area (Å²) in [6.45, 7) is 0. The normalized spacial score (nSPS) is 4.00. The van der Waals surface area contributed by atoms with Gasteiger partial charge in [0, 0.05) is 0 Å². The summed E-state index contributed by atoms with van der Waals surface area (Å²) in [5.41, 5.74) is 0. The Morgan fingerprint density at radius 2 is 1.25 bits per heavy atom. The molecule has 0 aromatic rings. The molecule has 0 unspecified atom stereocenters. The molecule has 0 bridgehead atoms. The maximum Gasteiger partial charge on any atom is 1.00 e. The zero-order valence-electron chi connectivity index (χ0n) is 2.26. The summed E-state index contributed by atoms with van der Waals surface area (Å²) in [6.07, 6.45) is 0. The molecular formula is HKO2S. The van der Waals surface area contributed by atoms with Gasteiger partial charge in [-0.1, -0.05) is 11.6 Å². The smallest absolute Gasteiger partial charge is 0.427 e. The van der Waals surface area contributed by atoms with Crippen molar-refractivity contribution in [2.45, 2.75) is 0 Å². The molecule has 0 rings (SSSR count). The molecule has 0 aliphatic heterocycles. The summed E-state index contributed by atoms with van der Waals surface area (Å²) in [5, 5.41) is 0. The molecule has 4 heavy (non-hydrogen) atoms. The minimum absolute atomic E-state index is 0. The van der Waals surface area contributed by atoms with Crippen molar-refractivity contribution >= 4 is 11.6 Å². The molecule has 0 aromatic heterocycles. The van der Waals surface area contributed by atoms with E-state index in [1.54, 1.807) is 0 Å². The van der Waals surface area contributed by atoms with Crippen molar-refractivity contribution in [3.63, 3.8) is 0 Å². The molecule has 0 saturated heterocycles. The third-order valence-electron chi connectivity index (χ3n) is 0. The summed E-state index contributed by atoms with van der Waals surface area (Å²) >= 11 is -1.08. The molecule has 4 heteroatoms. The van der Waals surface area contributed by atoms with E-state index in [1.807, 2.05) is 0 Å². The zero-order valence-corrected chi connectivity index (χ0v) is 6.28. The summed E-state index contributed by atoms with van der Waals surface area (Å²) in [4.78, 5) is 0. The third-order valence-corrected chi connectivity index (χ3v) is 0. The van der Waals surface area contributed by atoms with Crippen LogP contribution in [0.2, 0.25) is 0 Å². The molecule has 0 aromatic carbocycles. The van der Waals surface area contributed by atoms with Gasteiger partial charge >= 0.3 is 51.4 Å². The first-order valence-electron chi connectivity index (χ1n) is 0.365. The summed E-state index contributed by atoms with van der Waals surface area (Å²) in [5.74, 6) is 0. The Morgan fingerprint density at radius 1 is 1.25 bits per heavy atom. The van der Waals surface area contributed by atoms with Crippen LogP contribution in [0.25, 0.3) is 0 Å². The Morgan fingerprint density at radius 3 is 1.25 bits per heavy atom. The second kappa shape index (κ2) is 8.82. The molecule has 0 aliphatic rings. The van der Waals surface area contributed by atoms with E-state index in [-0.39, 0.29) is 51.4 Å². The predicted octanol–water partition coefficient (Wildman–Crippen LogP) is -3.50. The van der Waals surface area contributed by atoms with Crippen molar-refractivity contribution in [1.82, 2.24) is 0 Å². The Balaban J connectivity index is 0. The van der Waals surface area contributed by atoms with Crippen molar-refractivity contribution < 1.29 is 59.8 Å². The second-order valence-corrected chi connectivity index (χ2v) is 0.224. The van der Waals surface area contributed by atoms with Crippen LogP contribution in [0.3, 0.4) is 0 Å². The first-order chi connectivity index (χ1) is 1.41. The van der Waals surface area contributed by atoms with Crippen LogP contribution in [0, 0.1) is 0 Å². The van der Waals surface area contributed by atoms with E-state index in [4.69, 9.17) is 8.42 Å². The van der Waals surface area contributed by atoms with Gasteiger partial charge in [-0.15, -0.1) is 0 Å². The van der Waals surface area contributed by atoms with Gasteiger partial charge in [0.05, 0.1) is 0 Å². The van der Waals surface area contributed by atoms with Crippen LogP contribution in [-0.4, -0.2) is 0 Å². The van der Waals surface area contributed by atoms with Crippen molar-refractivity contribution in [3.05, 3.63) is 0 Å². The van der Waals surface area contributed by atoms with Gasteiger partial charge in [0.1, 0.15) is 0 Å². The fourth-order valence-electron chi connectivity index (χ4n) is 0. The Bertz CT molecular complexity index is 27.0. The first-order valence-corrected chi connectivity index (χ1v) is 1.10. The molecule has 0 fully saturated rings. The van der Waals surface area contributed by atoms with Crippen LogP contribution >= 0.6 is 0 Å². The monoisotopic (exact) mass is 104 g/mol.